The Kier molecular flexibility index (Phi) is 2.41. The van der Waals surface area contributed by atoms with Gasteiger partial charge >= 0.3 is 0 Å². The Morgan fingerprint density at radius 2 is 1.95 bits per heavy atom. The van der Waals surface area contributed by atoms with E-state index < -0.39 is 0 Å². The number of aromatic amines is 1. The van der Waals surface area contributed by atoms with Crippen LogP contribution in [0.3, 0.4) is 0 Å². The van der Waals surface area contributed by atoms with Crippen molar-refractivity contribution < 1.29 is 9.59 Å². The number of rotatable bonds is 2. The number of amides is 2. The van der Waals surface area contributed by atoms with Crippen LogP contribution in [0.25, 0.3) is 16.5 Å². The first-order valence-electron chi connectivity index (χ1n) is 5.92. The first-order valence-corrected chi connectivity index (χ1v) is 5.92. The molecule has 0 aliphatic carbocycles. The summed E-state index contributed by atoms with van der Waals surface area (Å²) < 4.78 is 0. The fourth-order valence-corrected chi connectivity index (χ4v) is 2.22. The minimum atomic E-state index is -0.363. The number of nitrogens with one attached hydrogen (secondary N) is 2. The van der Waals surface area contributed by atoms with Gasteiger partial charge in [0.1, 0.15) is 0 Å². The molecule has 2 amide bonds. The van der Waals surface area contributed by atoms with Gasteiger partial charge in [0.2, 0.25) is 0 Å². The maximum absolute atomic E-state index is 11.7. The Hall–Kier alpha value is -2.56. The highest BCUT2D eigenvalue weighted by Gasteiger charge is 2.24. The lowest BCUT2D eigenvalue weighted by Gasteiger charge is -2.12. The first kappa shape index (κ1) is 11.5. The second-order valence-corrected chi connectivity index (χ2v) is 4.70. The zero-order chi connectivity index (χ0) is 13.6. The molecule has 0 saturated heterocycles. The fourth-order valence-electron chi connectivity index (χ4n) is 2.22. The van der Waals surface area contributed by atoms with Crippen LogP contribution in [0, 0.1) is 0 Å². The largest absolute Gasteiger partial charge is 0.378 e. The third-order valence-corrected chi connectivity index (χ3v) is 3.23. The lowest BCUT2D eigenvalue weighted by atomic mass is 10.0. The molecule has 2 N–H and O–H groups in total. The van der Waals surface area contributed by atoms with Crippen molar-refractivity contribution in [3.05, 3.63) is 36.0 Å². The maximum Gasteiger partial charge on any atom is 0.258 e. The topological polar surface area (TPSA) is 65.2 Å². The van der Waals surface area contributed by atoms with Crippen molar-refractivity contribution in [3.8, 4) is 0 Å². The number of fused-ring (bicyclic) bond motifs is 1. The molecule has 0 saturated carbocycles. The predicted octanol–water partition coefficient (Wildman–Crippen LogP) is 1.27. The molecule has 19 heavy (non-hydrogen) atoms. The number of anilines is 1. The van der Waals surface area contributed by atoms with Gasteiger partial charge in [-0.2, -0.15) is 0 Å². The Morgan fingerprint density at radius 3 is 2.58 bits per heavy atom. The molecule has 5 heteroatoms. The van der Waals surface area contributed by atoms with Gasteiger partial charge in [-0.25, -0.2) is 0 Å². The summed E-state index contributed by atoms with van der Waals surface area (Å²) in [5.74, 6) is -0.709. The van der Waals surface area contributed by atoms with E-state index in [-0.39, 0.29) is 11.8 Å². The van der Waals surface area contributed by atoms with E-state index in [4.69, 9.17) is 0 Å². The van der Waals surface area contributed by atoms with Gasteiger partial charge in [0.25, 0.3) is 11.8 Å². The Morgan fingerprint density at radius 1 is 1.16 bits per heavy atom. The molecule has 1 aliphatic rings. The average molecular weight is 255 g/mol. The van der Waals surface area contributed by atoms with Gasteiger partial charge in [-0.1, -0.05) is 0 Å². The van der Waals surface area contributed by atoms with Crippen molar-refractivity contribution in [2.24, 2.45) is 0 Å². The number of imide groups is 1. The van der Waals surface area contributed by atoms with Gasteiger partial charge in [-0.05, 0) is 18.2 Å². The molecular formula is C14H13N3O2. The molecule has 0 atom stereocenters. The Bertz CT molecular complexity index is 725. The normalized spacial score (nSPS) is 14.7. The summed E-state index contributed by atoms with van der Waals surface area (Å²) in [6.07, 6.45) is 3.10. The maximum atomic E-state index is 11.7. The SMILES string of the molecule is CN(C)c1ccc2[nH]cc(C3=CC(=O)NC3=O)c2c1. The van der Waals surface area contributed by atoms with Crippen LogP contribution in [0.2, 0.25) is 0 Å². The monoisotopic (exact) mass is 255 g/mol. The van der Waals surface area contributed by atoms with Crippen molar-refractivity contribution in [1.29, 1.82) is 0 Å². The summed E-state index contributed by atoms with van der Waals surface area (Å²) in [6.45, 7) is 0. The van der Waals surface area contributed by atoms with Crippen LogP contribution < -0.4 is 10.2 Å². The third-order valence-electron chi connectivity index (χ3n) is 3.23. The van der Waals surface area contributed by atoms with Crippen LogP contribution in [0.1, 0.15) is 5.56 Å². The van der Waals surface area contributed by atoms with Crippen LogP contribution in [0.5, 0.6) is 0 Å². The Balaban J connectivity index is 2.19. The quantitative estimate of drug-likeness (QED) is 0.794. The molecule has 1 aromatic heterocycles. The van der Waals surface area contributed by atoms with E-state index in [1.165, 1.54) is 6.08 Å². The molecular weight excluding hydrogens is 242 g/mol. The minimum absolute atomic E-state index is 0.346. The summed E-state index contributed by atoms with van der Waals surface area (Å²) in [7, 11) is 3.91. The Labute approximate surface area is 109 Å². The molecule has 96 valence electrons. The summed E-state index contributed by atoms with van der Waals surface area (Å²) in [5, 5.41) is 3.20. The number of hydrogen-bond donors (Lipinski definition) is 2. The second-order valence-electron chi connectivity index (χ2n) is 4.70. The molecule has 0 fully saturated rings. The highest BCUT2D eigenvalue weighted by molar-refractivity contribution is 6.35. The number of H-pyrrole nitrogens is 1. The molecule has 0 radical (unpaired) electrons. The van der Waals surface area contributed by atoms with E-state index in [1.54, 1.807) is 6.20 Å². The number of hydrogen-bond acceptors (Lipinski definition) is 3. The summed E-state index contributed by atoms with van der Waals surface area (Å²) >= 11 is 0. The van der Waals surface area contributed by atoms with E-state index in [0.717, 1.165) is 22.2 Å². The molecule has 0 spiro atoms. The van der Waals surface area contributed by atoms with Gasteiger partial charge in [0.15, 0.2) is 0 Å². The third kappa shape index (κ3) is 1.79. The molecule has 1 aliphatic heterocycles. The summed E-state index contributed by atoms with van der Waals surface area (Å²) in [5.41, 5.74) is 3.14. The van der Waals surface area contributed by atoms with Crippen LogP contribution in [0.4, 0.5) is 5.69 Å². The molecule has 2 heterocycles. The fraction of sp³-hybridized carbons (Fsp3) is 0.143. The molecule has 2 aromatic rings. The van der Waals surface area contributed by atoms with Gasteiger partial charge in [-0.15, -0.1) is 0 Å². The van der Waals surface area contributed by atoms with Crippen LogP contribution in [-0.2, 0) is 9.59 Å². The second kappa shape index (κ2) is 3.98. The van der Waals surface area contributed by atoms with Crippen molar-refractivity contribution in [2.75, 3.05) is 19.0 Å². The van der Waals surface area contributed by atoms with Crippen molar-refractivity contribution in [2.45, 2.75) is 0 Å². The minimum Gasteiger partial charge on any atom is -0.378 e. The number of nitrogens with zero attached hydrogens (tertiary/aromatic N) is 1. The van der Waals surface area contributed by atoms with E-state index in [2.05, 4.69) is 10.3 Å². The molecule has 0 bridgehead atoms. The molecule has 0 unspecified atom stereocenters. The molecule has 5 nitrogen and oxygen atoms in total. The number of carbonyl (C=O) groups excluding carboxylic acids is 2. The smallest absolute Gasteiger partial charge is 0.258 e. The van der Waals surface area contributed by atoms with Crippen molar-refractivity contribution >= 4 is 34.0 Å². The van der Waals surface area contributed by atoms with Crippen molar-refractivity contribution in [3.63, 3.8) is 0 Å². The van der Waals surface area contributed by atoms with E-state index in [9.17, 15) is 9.59 Å². The van der Waals surface area contributed by atoms with Gasteiger partial charge in [0.05, 0.1) is 5.57 Å². The van der Waals surface area contributed by atoms with Crippen LogP contribution in [-0.4, -0.2) is 30.9 Å². The predicted molar refractivity (Wildman–Crippen MR) is 73.8 cm³/mol. The van der Waals surface area contributed by atoms with Crippen LogP contribution >= 0.6 is 0 Å². The summed E-state index contributed by atoms with van der Waals surface area (Å²) in [6, 6.07) is 5.96. The standard InChI is InChI=1S/C14H13N3O2/c1-17(2)8-3-4-12-9(5-8)11(7-15-12)10-6-13(18)16-14(10)19/h3-7,15H,1-2H3,(H,16,18,19). The van der Waals surface area contributed by atoms with E-state index >= 15 is 0 Å². The lowest BCUT2D eigenvalue weighted by Crippen LogP contribution is -2.21. The zero-order valence-electron chi connectivity index (χ0n) is 10.7. The van der Waals surface area contributed by atoms with E-state index in [1.807, 2.05) is 37.2 Å². The van der Waals surface area contributed by atoms with Gasteiger partial charge in [-0.3, -0.25) is 14.9 Å². The highest BCUT2D eigenvalue weighted by Crippen LogP contribution is 2.29. The molecule has 1 aromatic carbocycles. The van der Waals surface area contributed by atoms with E-state index in [0.29, 0.717) is 5.57 Å². The number of benzene rings is 1. The first-order chi connectivity index (χ1) is 9.06. The lowest BCUT2D eigenvalue weighted by molar-refractivity contribution is -0.123. The summed E-state index contributed by atoms with van der Waals surface area (Å²) in [4.78, 5) is 28.1. The highest BCUT2D eigenvalue weighted by atomic mass is 16.2. The van der Waals surface area contributed by atoms with Gasteiger partial charge < -0.3 is 9.88 Å². The zero-order valence-corrected chi connectivity index (χ0v) is 10.7. The molecule has 3 rings (SSSR count). The number of aromatic nitrogens is 1. The van der Waals surface area contributed by atoms with Gasteiger partial charge in [0, 0.05) is 48.5 Å². The van der Waals surface area contributed by atoms with Crippen molar-refractivity contribution in [1.82, 2.24) is 10.3 Å². The number of carbonyl (C=O) groups is 2. The van der Waals surface area contributed by atoms with Crippen LogP contribution in [0.15, 0.2) is 30.5 Å². The average Bonchev–Trinajstić information content (AvgIpc) is 2.91.